The molecule has 6 nitrogen and oxygen atoms in total. The molecule has 0 amide bonds. The first-order valence-corrected chi connectivity index (χ1v) is 6.99. The van der Waals surface area contributed by atoms with E-state index in [1.165, 1.54) is 0 Å². The molecule has 7 heteroatoms. The molecule has 4 N–H and O–H groups in total. The summed E-state index contributed by atoms with van der Waals surface area (Å²) in [6.07, 6.45) is 2.92. The molecular formula is C13H20ClN3O3. The van der Waals surface area contributed by atoms with Gasteiger partial charge in [-0.3, -0.25) is 0 Å². The Bertz CT molecular complexity index is 454. The molecule has 0 saturated carbocycles. The first-order chi connectivity index (χ1) is 9.45. The van der Waals surface area contributed by atoms with Crippen LogP contribution < -0.4 is 5.73 Å². The van der Waals surface area contributed by atoms with Crippen LogP contribution in [0.1, 0.15) is 19.8 Å². The third-order valence-corrected chi connectivity index (χ3v) is 4.10. The smallest absolute Gasteiger partial charge is 0.155 e. The molecule has 0 aromatic carbocycles. The standard InChI is InChI=1S/C13H20ClN3O3/c1-3-5-13(7-18)11(19)10(14)12(20-13)17-6-4-9(15)16-8(17)2/h4,6,10-12,18-19H,2-3,5,7H2,1H3,(H2,15,16)/t10-,11+,12-,13-/m1/s1. The number of aliphatic imine (C=N–C) groups is 1. The molecule has 2 rings (SSSR count). The van der Waals surface area contributed by atoms with Gasteiger partial charge < -0.3 is 25.6 Å². The number of ether oxygens (including phenoxy) is 1. The minimum atomic E-state index is -1.05. The van der Waals surface area contributed by atoms with Crippen molar-refractivity contribution in [3.63, 3.8) is 0 Å². The molecule has 4 atom stereocenters. The highest BCUT2D eigenvalue weighted by molar-refractivity contribution is 6.21. The molecule has 20 heavy (non-hydrogen) atoms. The second-order valence-electron chi connectivity index (χ2n) is 5.05. The number of halogens is 1. The summed E-state index contributed by atoms with van der Waals surface area (Å²) in [5, 5.41) is 19.2. The van der Waals surface area contributed by atoms with Gasteiger partial charge >= 0.3 is 0 Å². The van der Waals surface area contributed by atoms with E-state index in [2.05, 4.69) is 11.6 Å². The van der Waals surface area contributed by atoms with Gasteiger partial charge in [-0.15, -0.1) is 11.6 Å². The largest absolute Gasteiger partial charge is 0.393 e. The van der Waals surface area contributed by atoms with E-state index in [9.17, 15) is 10.2 Å². The fourth-order valence-electron chi connectivity index (χ4n) is 2.59. The Morgan fingerprint density at radius 2 is 2.35 bits per heavy atom. The van der Waals surface area contributed by atoms with Crippen LogP contribution in [0.4, 0.5) is 0 Å². The second kappa shape index (κ2) is 5.73. The summed E-state index contributed by atoms with van der Waals surface area (Å²) in [7, 11) is 0. The van der Waals surface area contributed by atoms with Gasteiger partial charge in [-0.1, -0.05) is 19.9 Å². The summed E-state index contributed by atoms with van der Waals surface area (Å²) < 4.78 is 5.88. The number of nitrogens with two attached hydrogens (primary N) is 1. The number of rotatable bonds is 4. The number of amidine groups is 1. The van der Waals surface area contributed by atoms with Crippen molar-refractivity contribution in [2.45, 2.75) is 43.1 Å². The van der Waals surface area contributed by atoms with Crippen molar-refractivity contribution in [3.8, 4) is 0 Å². The highest BCUT2D eigenvalue weighted by atomic mass is 35.5. The van der Waals surface area contributed by atoms with Crippen molar-refractivity contribution in [1.82, 2.24) is 4.90 Å². The molecule has 0 aliphatic carbocycles. The summed E-state index contributed by atoms with van der Waals surface area (Å²) in [4.78, 5) is 5.66. The lowest BCUT2D eigenvalue weighted by Gasteiger charge is -2.32. The van der Waals surface area contributed by atoms with Crippen LogP contribution in [-0.2, 0) is 4.74 Å². The molecule has 112 valence electrons. The number of aliphatic hydroxyl groups excluding tert-OH is 2. The summed E-state index contributed by atoms with van der Waals surface area (Å²) in [5.41, 5.74) is 4.54. The van der Waals surface area contributed by atoms with Crippen molar-refractivity contribution in [2.75, 3.05) is 6.61 Å². The Labute approximate surface area is 123 Å². The highest BCUT2D eigenvalue weighted by Gasteiger charge is 2.55. The topological polar surface area (TPSA) is 91.3 Å². The highest BCUT2D eigenvalue weighted by Crippen LogP contribution is 2.40. The molecule has 0 radical (unpaired) electrons. The van der Waals surface area contributed by atoms with E-state index in [0.29, 0.717) is 18.1 Å². The zero-order chi connectivity index (χ0) is 14.9. The van der Waals surface area contributed by atoms with Crippen LogP contribution in [0.2, 0.25) is 0 Å². The summed E-state index contributed by atoms with van der Waals surface area (Å²) in [6, 6.07) is 0. The lowest BCUT2D eigenvalue weighted by molar-refractivity contribution is -0.137. The molecule has 2 heterocycles. The Morgan fingerprint density at radius 1 is 1.65 bits per heavy atom. The summed E-state index contributed by atoms with van der Waals surface area (Å²) >= 11 is 6.28. The van der Waals surface area contributed by atoms with E-state index in [1.807, 2.05) is 6.92 Å². The van der Waals surface area contributed by atoms with E-state index in [-0.39, 0.29) is 6.61 Å². The minimum Gasteiger partial charge on any atom is -0.393 e. The maximum absolute atomic E-state index is 10.3. The molecule has 0 unspecified atom stereocenters. The summed E-state index contributed by atoms with van der Waals surface area (Å²) in [6.45, 7) is 5.45. The predicted molar refractivity (Wildman–Crippen MR) is 77.0 cm³/mol. The SMILES string of the molecule is C=C1N=C(N)C=CN1[C@@H]1O[C@@](CO)(CCC)[C@@H](O)[C@H]1Cl. The van der Waals surface area contributed by atoms with Gasteiger partial charge in [0.05, 0.1) is 6.61 Å². The van der Waals surface area contributed by atoms with E-state index < -0.39 is 23.3 Å². The van der Waals surface area contributed by atoms with Gasteiger partial charge in [0, 0.05) is 6.20 Å². The average Bonchev–Trinajstić information content (AvgIpc) is 2.65. The van der Waals surface area contributed by atoms with Crippen LogP contribution in [0.15, 0.2) is 29.7 Å². The number of hydrogen-bond donors (Lipinski definition) is 3. The lowest BCUT2D eigenvalue weighted by atomic mass is 9.92. The minimum absolute atomic E-state index is 0.294. The molecule has 1 saturated heterocycles. The van der Waals surface area contributed by atoms with Crippen molar-refractivity contribution >= 4 is 17.4 Å². The number of aliphatic hydroxyl groups is 2. The second-order valence-corrected chi connectivity index (χ2v) is 5.55. The Hall–Kier alpha value is -1.08. The maximum Gasteiger partial charge on any atom is 0.155 e. The molecule has 2 aliphatic rings. The fourth-order valence-corrected chi connectivity index (χ4v) is 2.99. The van der Waals surface area contributed by atoms with Crippen molar-refractivity contribution in [3.05, 3.63) is 24.7 Å². The number of hydrogen-bond acceptors (Lipinski definition) is 6. The Kier molecular flexibility index (Phi) is 4.39. The Balaban J connectivity index is 2.23. The maximum atomic E-state index is 10.3. The molecule has 0 bridgehead atoms. The van der Waals surface area contributed by atoms with Crippen molar-refractivity contribution in [1.29, 1.82) is 0 Å². The quantitative estimate of drug-likeness (QED) is 0.658. The van der Waals surface area contributed by atoms with E-state index >= 15 is 0 Å². The van der Waals surface area contributed by atoms with E-state index in [1.54, 1.807) is 17.2 Å². The monoisotopic (exact) mass is 301 g/mol. The van der Waals surface area contributed by atoms with Gasteiger partial charge in [0.1, 0.15) is 28.7 Å². The first-order valence-electron chi connectivity index (χ1n) is 6.55. The third kappa shape index (κ3) is 2.44. The Morgan fingerprint density at radius 3 is 2.90 bits per heavy atom. The average molecular weight is 302 g/mol. The fraction of sp³-hybridized carbons (Fsp3) is 0.615. The van der Waals surface area contributed by atoms with E-state index in [4.69, 9.17) is 22.1 Å². The van der Waals surface area contributed by atoms with Gasteiger partial charge in [-0.25, -0.2) is 4.99 Å². The summed E-state index contributed by atoms with van der Waals surface area (Å²) in [5.74, 6) is 0.732. The third-order valence-electron chi connectivity index (χ3n) is 3.65. The van der Waals surface area contributed by atoms with Crippen LogP contribution >= 0.6 is 11.6 Å². The predicted octanol–water partition coefficient (Wildman–Crippen LogP) is 0.500. The van der Waals surface area contributed by atoms with E-state index in [0.717, 1.165) is 6.42 Å². The first kappa shape index (κ1) is 15.3. The normalized spacial score (nSPS) is 37.4. The molecular weight excluding hydrogens is 282 g/mol. The zero-order valence-electron chi connectivity index (χ0n) is 11.4. The van der Waals surface area contributed by atoms with Crippen molar-refractivity contribution in [2.24, 2.45) is 10.7 Å². The zero-order valence-corrected chi connectivity index (χ0v) is 12.1. The van der Waals surface area contributed by atoms with Gasteiger partial charge in [-0.2, -0.15) is 0 Å². The number of nitrogens with zero attached hydrogens (tertiary/aromatic N) is 2. The lowest BCUT2D eigenvalue weighted by Crippen LogP contribution is -2.45. The van der Waals surface area contributed by atoms with Gasteiger partial charge in [0.2, 0.25) is 0 Å². The van der Waals surface area contributed by atoms with Crippen LogP contribution in [0, 0.1) is 0 Å². The van der Waals surface area contributed by atoms with Crippen LogP contribution in [0.5, 0.6) is 0 Å². The molecule has 0 spiro atoms. The van der Waals surface area contributed by atoms with Crippen LogP contribution in [0.3, 0.4) is 0 Å². The van der Waals surface area contributed by atoms with Gasteiger partial charge in [-0.05, 0) is 12.5 Å². The number of alkyl halides is 1. The van der Waals surface area contributed by atoms with Gasteiger partial charge in [0.15, 0.2) is 6.23 Å². The molecule has 0 aromatic rings. The van der Waals surface area contributed by atoms with Crippen molar-refractivity contribution < 1.29 is 14.9 Å². The van der Waals surface area contributed by atoms with Gasteiger partial charge in [0.25, 0.3) is 0 Å². The van der Waals surface area contributed by atoms with Crippen LogP contribution in [0.25, 0.3) is 0 Å². The molecule has 2 aliphatic heterocycles. The molecule has 0 aromatic heterocycles. The molecule has 1 fully saturated rings. The van der Waals surface area contributed by atoms with Crippen LogP contribution in [-0.4, -0.2) is 50.9 Å².